The van der Waals surface area contributed by atoms with Crippen LogP contribution in [0.1, 0.15) is 12.5 Å². The zero-order chi connectivity index (χ0) is 21.6. The molecule has 1 aliphatic heterocycles. The van der Waals surface area contributed by atoms with Crippen molar-refractivity contribution in [2.45, 2.75) is 13.3 Å². The summed E-state index contributed by atoms with van der Waals surface area (Å²) in [5, 5.41) is 0. The highest BCUT2D eigenvalue weighted by Gasteiger charge is 2.22. The van der Waals surface area contributed by atoms with Gasteiger partial charge in [0.25, 0.3) is 0 Å². The maximum atomic E-state index is 13.2. The van der Waals surface area contributed by atoms with Crippen molar-refractivity contribution in [2.24, 2.45) is 0 Å². The van der Waals surface area contributed by atoms with E-state index >= 15 is 0 Å². The van der Waals surface area contributed by atoms with Crippen LogP contribution in [0.25, 0.3) is 11.3 Å². The van der Waals surface area contributed by atoms with Crippen molar-refractivity contribution in [1.29, 1.82) is 0 Å². The summed E-state index contributed by atoms with van der Waals surface area (Å²) < 4.78 is 18.6. The fraction of sp³-hybridized carbons (Fsp3) is 0.292. The lowest BCUT2D eigenvalue weighted by Gasteiger charge is -2.35. The Morgan fingerprint density at radius 3 is 2.39 bits per heavy atom. The highest BCUT2D eigenvalue weighted by atomic mass is 19.1. The van der Waals surface area contributed by atoms with E-state index in [-0.39, 0.29) is 11.7 Å². The average molecular weight is 420 g/mol. The van der Waals surface area contributed by atoms with Crippen LogP contribution >= 0.6 is 0 Å². The second-order valence-corrected chi connectivity index (χ2v) is 7.39. The maximum Gasteiger partial charge on any atom is 0.227 e. The largest absolute Gasteiger partial charge is 0.494 e. The number of nitrogens with zero attached hydrogens (tertiary/aromatic N) is 4. The molecule has 1 amide bonds. The van der Waals surface area contributed by atoms with Crippen molar-refractivity contribution in [3.05, 3.63) is 72.3 Å². The molecule has 3 aromatic rings. The molecule has 1 aliphatic rings. The highest BCUT2D eigenvalue weighted by molar-refractivity contribution is 5.79. The van der Waals surface area contributed by atoms with Gasteiger partial charge in [0, 0.05) is 37.8 Å². The number of piperazine rings is 1. The van der Waals surface area contributed by atoms with Crippen molar-refractivity contribution in [2.75, 3.05) is 37.7 Å². The van der Waals surface area contributed by atoms with Gasteiger partial charge in [-0.2, -0.15) is 0 Å². The summed E-state index contributed by atoms with van der Waals surface area (Å²) in [4.78, 5) is 25.5. The summed E-state index contributed by atoms with van der Waals surface area (Å²) in [6, 6.07) is 15.9. The number of ether oxygens (including phenoxy) is 1. The normalized spacial score (nSPS) is 13.9. The molecule has 0 atom stereocenters. The van der Waals surface area contributed by atoms with E-state index in [2.05, 4.69) is 14.9 Å². The monoisotopic (exact) mass is 420 g/mol. The van der Waals surface area contributed by atoms with Crippen molar-refractivity contribution in [3.8, 4) is 17.0 Å². The third-order valence-corrected chi connectivity index (χ3v) is 5.34. The van der Waals surface area contributed by atoms with Gasteiger partial charge >= 0.3 is 0 Å². The highest BCUT2D eigenvalue weighted by Crippen LogP contribution is 2.22. The second kappa shape index (κ2) is 9.55. The Balaban J connectivity index is 1.34. The summed E-state index contributed by atoms with van der Waals surface area (Å²) in [5.74, 6) is 1.48. The van der Waals surface area contributed by atoms with E-state index in [0.29, 0.717) is 39.2 Å². The zero-order valence-electron chi connectivity index (χ0n) is 17.5. The second-order valence-electron chi connectivity index (χ2n) is 7.39. The van der Waals surface area contributed by atoms with Gasteiger partial charge in [0.05, 0.1) is 18.7 Å². The van der Waals surface area contributed by atoms with Crippen molar-refractivity contribution < 1.29 is 13.9 Å². The molecular weight excluding hydrogens is 395 g/mol. The molecule has 31 heavy (non-hydrogen) atoms. The minimum Gasteiger partial charge on any atom is -0.494 e. The van der Waals surface area contributed by atoms with Crippen LogP contribution < -0.4 is 9.64 Å². The molecule has 4 rings (SSSR count). The van der Waals surface area contributed by atoms with E-state index in [9.17, 15) is 9.18 Å². The van der Waals surface area contributed by atoms with Gasteiger partial charge in [-0.1, -0.05) is 12.1 Å². The summed E-state index contributed by atoms with van der Waals surface area (Å²) in [6.45, 7) is 5.27. The number of hydrogen-bond acceptors (Lipinski definition) is 5. The van der Waals surface area contributed by atoms with E-state index in [0.717, 1.165) is 28.4 Å². The molecule has 2 aromatic carbocycles. The Morgan fingerprint density at radius 1 is 1.00 bits per heavy atom. The molecule has 2 heterocycles. The van der Waals surface area contributed by atoms with Crippen LogP contribution in [0.5, 0.6) is 5.75 Å². The van der Waals surface area contributed by atoms with Crippen molar-refractivity contribution >= 4 is 11.7 Å². The van der Waals surface area contributed by atoms with E-state index in [1.165, 1.54) is 18.5 Å². The standard InChI is InChI=1S/C24H25FN4O2/c1-2-31-21-9-3-18(4-10-21)15-24(30)29-13-11-28(12-14-29)23-16-22(26-17-27-23)19-5-7-20(25)8-6-19/h3-10,16-17H,2,11-15H2,1H3. The lowest BCUT2D eigenvalue weighted by molar-refractivity contribution is -0.130. The number of halogens is 1. The van der Waals surface area contributed by atoms with Crippen LogP contribution in [-0.4, -0.2) is 53.6 Å². The molecule has 7 heteroatoms. The molecule has 6 nitrogen and oxygen atoms in total. The Morgan fingerprint density at radius 2 is 1.71 bits per heavy atom. The molecule has 0 aliphatic carbocycles. The van der Waals surface area contributed by atoms with E-state index in [1.807, 2.05) is 42.2 Å². The molecule has 0 unspecified atom stereocenters. The molecule has 0 N–H and O–H groups in total. The summed E-state index contributed by atoms with van der Waals surface area (Å²) >= 11 is 0. The van der Waals surface area contributed by atoms with E-state index in [1.54, 1.807) is 12.1 Å². The molecule has 0 saturated carbocycles. The van der Waals surface area contributed by atoms with Gasteiger partial charge in [-0.3, -0.25) is 4.79 Å². The minimum absolute atomic E-state index is 0.124. The number of anilines is 1. The van der Waals surface area contributed by atoms with Crippen LogP contribution in [0.3, 0.4) is 0 Å². The fourth-order valence-corrected chi connectivity index (χ4v) is 3.64. The van der Waals surface area contributed by atoms with E-state index in [4.69, 9.17) is 4.74 Å². The first kappa shape index (κ1) is 20.8. The smallest absolute Gasteiger partial charge is 0.227 e. The molecule has 0 radical (unpaired) electrons. The average Bonchev–Trinajstić information content (AvgIpc) is 2.81. The SMILES string of the molecule is CCOc1ccc(CC(=O)N2CCN(c3cc(-c4ccc(F)cc4)ncn3)CC2)cc1. The third-order valence-electron chi connectivity index (χ3n) is 5.34. The van der Waals surface area contributed by atoms with Crippen molar-refractivity contribution in [1.82, 2.24) is 14.9 Å². The Labute approximate surface area is 181 Å². The first-order valence-corrected chi connectivity index (χ1v) is 10.4. The maximum absolute atomic E-state index is 13.2. The van der Waals surface area contributed by atoms with Gasteiger partial charge in [-0.25, -0.2) is 14.4 Å². The lowest BCUT2D eigenvalue weighted by atomic mass is 10.1. The number of amides is 1. The van der Waals surface area contributed by atoms with Gasteiger partial charge in [0.1, 0.15) is 23.7 Å². The quantitative estimate of drug-likeness (QED) is 0.610. The Hall–Kier alpha value is -3.48. The van der Waals surface area contributed by atoms with Crippen LogP contribution in [-0.2, 0) is 11.2 Å². The minimum atomic E-state index is -0.274. The molecule has 1 fully saturated rings. The summed E-state index contributed by atoms with van der Waals surface area (Å²) in [6.07, 6.45) is 1.91. The van der Waals surface area contributed by atoms with Crippen molar-refractivity contribution in [3.63, 3.8) is 0 Å². The molecule has 1 saturated heterocycles. The predicted molar refractivity (Wildman–Crippen MR) is 118 cm³/mol. The molecule has 0 spiro atoms. The summed E-state index contributed by atoms with van der Waals surface area (Å²) in [7, 11) is 0. The van der Waals surface area contributed by atoms with Crippen LogP contribution in [0, 0.1) is 5.82 Å². The summed E-state index contributed by atoms with van der Waals surface area (Å²) in [5.41, 5.74) is 2.57. The molecule has 1 aromatic heterocycles. The van der Waals surface area contributed by atoms with E-state index < -0.39 is 0 Å². The topological polar surface area (TPSA) is 58.6 Å². The Bertz CT molecular complexity index is 1020. The lowest BCUT2D eigenvalue weighted by Crippen LogP contribution is -2.49. The number of benzene rings is 2. The Kier molecular flexibility index (Phi) is 6.40. The molecule has 0 bridgehead atoms. The number of carbonyl (C=O) groups excluding carboxylic acids is 1. The first-order valence-electron chi connectivity index (χ1n) is 10.4. The number of hydrogen-bond donors (Lipinski definition) is 0. The number of aromatic nitrogens is 2. The van der Waals surface area contributed by atoms with Gasteiger partial charge < -0.3 is 14.5 Å². The number of carbonyl (C=O) groups is 1. The van der Waals surface area contributed by atoms with Crippen LogP contribution in [0.2, 0.25) is 0 Å². The third kappa shape index (κ3) is 5.17. The van der Waals surface area contributed by atoms with Gasteiger partial charge in [-0.05, 0) is 48.9 Å². The van der Waals surface area contributed by atoms with Gasteiger partial charge in [0.2, 0.25) is 5.91 Å². The number of rotatable bonds is 6. The zero-order valence-corrected chi connectivity index (χ0v) is 17.5. The van der Waals surface area contributed by atoms with Crippen LogP contribution in [0.15, 0.2) is 60.9 Å². The van der Waals surface area contributed by atoms with Gasteiger partial charge in [0.15, 0.2) is 0 Å². The van der Waals surface area contributed by atoms with Crippen LogP contribution in [0.4, 0.5) is 10.2 Å². The fourth-order valence-electron chi connectivity index (χ4n) is 3.64. The molecule has 160 valence electrons. The first-order chi connectivity index (χ1) is 15.1. The van der Waals surface area contributed by atoms with Gasteiger partial charge in [-0.15, -0.1) is 0 Å². The molecular formula is C24H25FN4O2. The predicted octanol–water partition coefficient (Wildman–Crippen LogP) is 3.57.